The molecule has 0 amide bonds. The van der Waals surface area contributed by atoms with Crippen molar-refractivity contribution in [1.82, 2.24) is 5.32 Å². The maximum Gasteiger partial charge on any atom is 0.0984 e. The third-order valence-electron chi connectivity index (χ3n) is 4.64. The monoisotopic (exact) mass is 295 g/mol. The van der Waals surface area contributed by atoms with Crippen LogP contribution in [0.25, 0.3) is 0 Å². The van der Waals surface area contributed by atoms with Gasteiger partial charge in [0.15, 0.2) is 0 Å². The quantitative estimate of drug-likeness (QED) is 0.857. The molecule has 2 nitrogen and oxygen atoms in total. The van der Waals surface area contributed by atoms with Gasteiger partial charge in [-0.3, -0.25) is 0 Å². The Morgan fingerprint density at radius 1 is 0.773 bits per heavy atom. The van der Waals surface area contributed by atoms with Gasteiger partial charge in [-0.1, -0.05) is 79.9 Å². The molecule has 1 aliphatic carbocycles. The standard InChI is InChI=1S/C20H25NO/c22-20(17-12-6-2-7-13-17)19(16-10-4-1-5-11-16)21-18-14-8-3-9-15-18/h1-2,4-7,10-13,18-22H,3,8-9,14-15H2/t19-,20+/m1/s1. The Morgan fingerprint density at radius 2 is 1.32 bits per heavy atom. The average molecular weight is 295 g/mol. The topological polar surface area (TPSA) is 32.3 Å². The average Bonchev–Trinajstić information content (AvgIpc) is 2.61. The lowest BCUT2D eigenvalue weighted by Crippen LogP contribution is -2.37. The summed E-state index contributed by atoms with van der Waals surface area (Å²) in [6, 6.07) is 20.8. The highest BCUT2D eigenvalue weighted by atomic mass is 16.3. The van der Waals surface area contributed by atoms with Crippen molar-refractivity contribution in [2.45, 2.75) is 50.3 Å². The maximum atomic E-state index is 10.9. The minimum atomic E-state index is -0.523. The first-order valence-corrected chi connectivity index (χ1v) is 8.38. The van der Waals surface area contributed by atoms with Crippen LogP contribution >= 0.6 is 0 Å². The van der Waals surface area contributed by atoms with E-state index in [1.165, 1.54) is 32.1 Å². The predicted molar refractivity (Wildman–Crippen MR) is 90.6 cm³/mol. The second kappa shape index (κ2) is 7.57. The summed E-state index contributed by atoms with van der Waals surface area (Å²) in [7, 11) is 0. The Labute approximate surface area is 133 Å². The molecule has 3 rings (SSSR count). The Balaban J connectivity index is 1.82. The van der Waals surface area contributed by atoms with E-state index in [1.54, 1.807) is 0 Å². The number of aliphatic hydroxyl groups is 1. The van der Waals surface area contributed by atoms with Gasteiger partial charge in [0.25, 0.3) is 0 Å². The van der Waals surface area contributed by atoms with Crippen LogP contribution in [0.15, 0.2) is 60.7 Å². The van der Waals surface area contributed by atoms with Gasteiger partial charge in [0.05, 0.1) is 12.1 Å². The largest absolute Gasteiger partial charge is 0.386 e. The molecule has 22 heavy (non-hydrogen) atoms. The number of aliphatic hydroxyl groups excluding tert-OH is 1. The molecule has 0 bridgehead atoms. The van der Waals surface area contributed by atoms with Crippen molar-refractivity contribution in [3.05, 3.63) is 71.8 Å². The molecule has 0 unspecified atom stereocenters. The van der Waals surface area contributed by atoms with Crippen molar-refractivity contribution in [3.63, 3.8) is 0 Å². The molecule has 116 valence electrons. The summed E-state index contributed by atoms with van der Waals surface area (Å²) in [5.41, 5.74) is 2.13. The lowest BCUT2D eigenvalue weighted by molar-refractivity contribution is 0.117. The van der Waals surface area contributed by atoms with Gasteiger partial charge in [0.1, 0.15) is 0 Å². The fraction of sp³-hybridized carbons (Fsp3) is 0.400. The van der Waals surface area contributed by atoms with Crippen molar-refractivity contribution in [3.8, 4) is 0 Å². The Hall–Kier alpha value is -1.64. The van der Waals surface area contributed by atoms with Gasteiger partial charge in [0, 0.05) is 6.04 Å². The minimum absolute atomic E-state index is 0.0494. The van der Waals surface area contributed by atoms with Crippen LogP contribution in [-0.4, -0.2) is 11.1 Å². The molecule has 1 saturated carbocycles. The van der Waals surface area contributed by atoms with E-state index >= 15 is 0 Å². The number of hydrogen-bond acceptors (Lipinski definition) is 2. The fourth-order valence-corrected chi connectivity index (χ4v) is 3.40. The zero-order valence-corrected chi connectivity index (χ0v) is 13.0. The van der Waals surface area contributed by atoms with E-state index in [4.69, 9.17) is 0 Å². The molecule has 2 atom stereocenters. The minimum Gasteiger partial charge on any atom is -0.386 e. The molecule has 0 radical (unpaired) electrons. The molecule has 0 spiro atoms. The number of hydrogen-bond donors (Lipinski definition) is 2. The zero-order chi connectivity index (χ0) is 15.2. The van der Waals surface area contributed by atoms with Crippen LogP contribution in [-0.2, 0) is 0 Å². The highest BCUT2D eigenvalue weighted by molar-refractivity contribution is 5.26. The highest BCUT2D eigenvalue weighted by Crippen LogP contribution is 2.31. The van der Waals surface area contributed by atoms with Gasteiger partial charge >= 0.3 is 0 Å². The Bertz CT molecular complexity index is 548. The van der Waals surface area contributed by atoms with E-state index in [2.05, 4.69) is 17.4 Å². The summed E-state index contributed by atoms with van der Waals surface area (Å²) in [6.45, 7) is 0. The van der Waals surface area contributed by atoms with E-state index in [0.29, 0.717) is 6.04 Å². The Morgan fingerprint density at radius 3 is 1.91 bits per heavy atom. The van der Waals surface area contributed by atoms with Gasteiger partial charge in [-0.25, -0.2) is 0 Å². The summed E-state index contributed by atoms with van der Waals surface area (Å²) in [6.07, 6.45) is 5.83. The molecule has 0 aliphatic heterocycles. The van der Waals surface area contributed by atoms with E-state index in [9.17, 15) is 5.11 Å². The lowest BCUT2D eigenvalue weighted by atomic mass is 9.91. The molecule has 2 heteroatoms. The fourth-order valence-electron chi connectivity index (χ4n) is 3.40. The van der Waals surface area contributed by atoms with Gasteiger partial charge in [-0.05, 0) is 24.0 Å². The summed E-state index contributed by atoms with van der Waals surface area (Å²) in [5, 5.41) is 14.6. The van der Waals surface area contributed by atoms with Gasteiger partial charge in [-0.2, -0.15) is 0 Å². The molecule has 0 heterocycles. The molecule has 2 aromatic rings. The molecular formula is C20H25NO. The van der Waals surface area contributed by atoms with Gasteiger partial charge in [0.2, 0.25) is 0 Å². The Kier molecular flexibility index (Phi) is 5.25. The van der Waals surface area contributed by atoms with Gasteiger partial charge in [-0.15, -0.1) is 0 Å². The molecule has 0 saturated heterocycles. The van der Waals surface area contributed by atoms with Crippen LogP contribution in [0.3, 0.4) is 0 Å². The predicted octanol–water partition coefficient (Wildman–Crippen LogP) is 4.38. The molecule has 0 aromatic heterocycles. The SMILES string of the molecule is O[C@@H](c1ccccc1)[C@H](NC1CCCCC1)c1ccccc1. The first-order valence-electron chi connectivity index (χ1n) is 8.38. The first-order chi connectivity index (χ1) is 10.8. The highest BCUT2D eigenvalue weighted by Gasteiger charge is 2.26. The second-order valence-corrected chi connectivity index (χ2v) is 6.25. The van der Waals surface area contributed by atoms with Crippen LogP contribution < -0.4 is 5.32 Å². The summed E-state index contributed by atoms with van der Waals surface area (Å²) < 4.78 is 0. The van der Waals surface area contributed by atoms with E-state index in [-0.39, 0.29) is 6.04 Å². The normalized spacial score (nSPS) is 18.8. The molecule has 2 N–H and O–H groups in total. The van der Waals surface area contributed by atoms with Crippen molar-refractivity contribution >= 4 is 0 Å². The van der Waals surface area contributed by atoms with Gasteiger partial charge < -0.3 is 10.4 Å². The van der Waals surface area contributed by atoms with Crippen molar-refractivity contribution in [2.75, 3.05) is 0 Å². The summed E-state index contributed by atoms with van der Waals surface area (Å²) >= 11 is 0. The smallest absolute Gasteiger partial charge is 0.0984 e. The van der Waals surface area contributed by atoms with Crippen molar-refractivity contribution < 1.29 is 5.11 Å². The molecule has 2 aromatic carbocycles. The molecule has 1 fully saturated rings. The number of rotatable bonds is 5. The molecular weight excluding hydrogens is 270 g/mol. The maximum absolute atomic E-state index is 10.9. The van der Waals surface area contributed by atoms with Crippen LogP contribution in [0.4, 0.5) is 0 Å². The van der Waals surface area contributed by atoms with Crippen molar-refractivity contribution in [1.29, 1.82) is 0 Å². The summed E-state index contributed by atoms with van der Waals surface area (Å²) in [5.74, 6) is 0. The van der Waals surface area contributed by atoms with Crippen LogP contribution in [0.2, 0.25) is 0 Å². The van der Waals surface area contributed by atoms with Crippen LogP contribution in [0.5, 0.6) is 0 Å². The summed E-state index contributed by atoms with van der Waals surface area (Å²) in [4.78, 5) is 0. The van der Waals surface area contributed by atoms with Crippen molar-refractivity contribution in [2.24, 2.45) is 0 Å². The second-order valence-electron chi connectivity index (χ2n) is 6.25. The van der Waals surface area contributed by atoms with Crippen LogP contribution in [0.1, 0.15) is 55.4 Å². The van der Waals surface area contributed by atoms with Crippen LogP contribution in [0, 0.1) is 0 Å². The van der Waals surface area contributed by atoms with E-state index in [1.807, 2.05) is 48.5 Å². The third-order valence-corrected chi connectivity index (χ3v) is 4.64. The zero-order valence-electron chi connectivity index (χ0n) is 13.0. The first kappa shape index (κ1) is 15.3. The number of nitrogens with one attached hydrogen (secondary N) is 1. The number of benzene rings is 2. The lowest BCUT2D eigenvalue weighted by Gasteiger charge is -2.32. The molecule has 1 aliphatic rings. The van der Waals surface area contributed by atoms with E-state index in [0.717, 1.165) is 11.1 Å². The third kappa shape index (κ3) is 3.76. The van der Waals surface area contributed by atoms with E-state index < -0.39 is 6.10 Å².